The first-order valence-electron chi connectivity index (χ1n) is 4.42. The lowest BCUT2D eigenvalue weighted by Gasteiger charge is -2.06. The van der Waals surface area contributed by atoms with E-state index in [2.05, 4.69) is 20.4 Å². The quantitative estimate of drug-likeness (QED) is 0.704. The molecule has 0 spiro atoms. The SMILES string of the molecule is Cc1cc(NCCN)n2ncnc2n1. The molecule has 2 aromatic rings. The van der Waals surface area contributed by atoms with Gasteiger partial charge < -0.3 is 11.1 Å². The minimum absolute atomic E-state index is 0.581. The first kappa shape index (κ1) is 8.89. The third kappa shape index (κ3) is 1.51. The molecule has 0 aliphatic heterocycles. The van der Waals surface area contributed by atoms with Gasteiger partial charge in [-0.05, 0) is 6.92 Å². The van der Waals surface area contributed by atoms with Crippen molar-refractivity contribution in [2.24, 2.45) is 5.73 Å². The first-order chi connectivity index (χ1) is 6.81. The van der Waals surface area contributed by atoms with Crippen molar-refractivity contribution >= 4 is 11.6 Å². The van der Waals surface area contributed by atoms with Crippen LogP contribution in [-0.4, -0.2) is 32.7 Å². The Morgan fingerprint density at radius 2 is 2.43 bits per heavy atom. The van der Waals surface area contributed by atoms with Crippen molar-refractivity contribution < 1.29 is 0 Å². The summed E-state index contributed by atoms with van der Waals surface area (Å²) in [6.07, 6.45) is 1.48. The Balaban J connectivity index is 2.44. The molecule has 2 aromatic heterocycles. The Hall–Kier alpha value is -1.69. The van der Waals surface area contributed by atoms with Crippen molar-refractivity contribution in [3.05, 3.63) is 18.1 Å². The van der Waals surface area contributed by atoms with E-state index >= 15 is 0 Å². The van der Waals surface area contributed by atoms with Crippen molar-refractivity contribution in [3.63, 3.8) is 0 Å². The maximum atomic E-state index is 5.41. The highest BCUT2D eigenvalue weighted by molar-refractivity contribution is 5.44. The molecule has 0 bridgehead atoms. The van der Waals surface area contributed by atoms with Crippen LogP contribution in [-0.2, 0) is 0 Å². The van der Waals surface area contributed by atoms with E-state index in [1.54, 1.807) is 4.52 Å². The van der Waals surface area contributed by atoms with Gasteiger partial charge in [-0.15, -0.1) is 0 Å². The minimum Gasteiger partial charge on any atom is -0.369 e. The lowest BCUT2D eigenvalue weighted by atomic mass is 10.4. The van der Waals surface area contributed by atoms with Crippen LogP contribution in [0.15, 0.2) is 12.4 Å². The zero-order valence-electron chi connectivity index (χ0n) is 7.94. The molecular weight excluding hydrogens is 180 g/mol. The minimum atomic E-state index is 0.581. The number of aryl methyl sites for hydroxylation is 1. The Morgan fingerprint density at radius 1 is 1.57 bits per heavy atom. The molecule has 0 saturated carbocycles. The van der Waals surface area contributed by atoms with E-state index in [-0.39, 0.29) is 0 Å². The summed E-state index contributed by atoms with van der Waals surface area (Å²) in [5.41, 5.74) is 6.32. The number of nitrogens with two attached hydrogens (primary N) is 1. The van der Waals surface area contributed by atoms with Gasteiger partial charge in [0.2, 0.25) is 0 Å². The van der Waals surface area contributed by atoms with Crippen molar-refractivity contribution in [2.45, 2.75) is 6.92 Å². The number of nitrogens with zero attached hydrogens (tertiary/aromatic N) is 4. The highest BCUT2D eigenvalue weighted by Gasteiger charge is 2.03. The number of fused-ring (bicyclic) bond motifs is 1. The van der Waals surface area contributed by atoms with Gasteiger partial charge in [-0.25, -0.2) is 4.98 Å². The van der Waals surface area contributed by atoms with E-state index in [9.17, 15) is 0 Å². The lowest BCUT2D eigenvalue weighted by Crippen LogP contribution is -2.15. The predicted molar refractivity (Wildman–Crippen MR) is 53.1 cm³/mol. The maximum Gasteiger partial charge on any atom is 0.254 e. The fourth-order valence-corrected chi connectivity index (χ4v) is 1.26. The van der Waals surface area contributed by atoms with Gasteiger partial charge in [0.25, 0.3) is 5.78 Å². The molecule has 0 aromatic carbocycles. The van der Waals surface area contributed by atoms with Gasteiger partial charge in [0.15, 0.2) is 0 Å². The summed E-state index contributed by atoms with van der Waals surface area (Å²) >= 11 is 0. The summed E-state index contributed by atoms with van der Waals surface area (Å²) in [5, 5.41) is 7.21. The van der Waals surface area contributed by atoms with Crippen LogP contribution in [0.4, 0.5) is 5.82 Å². The van der Waals surface area contributed by atoms with Crippen LogP contribution in [0, 0.1) is 6.92 Å². The van der Waals surface area contributed by atoms with Gasteiger partial charge in [-0.2, -0.15) is 14.6 Å². The summed E-state index contributed by atoms with van der Waals surface area (Å²) in [7, 11) is 0. The molecular formula is C8H12N6. The standard InChI is InChI=1S/C8H12N6/c1-6-4-7(10-3-2-9)14-8(13-6)11-5-12-14/h4-5,10H,2-3,9H2,1H3. The summed E-state index contributed by atoms with van der Waals surface area (Å²) < 4.78 is 1.66. The van der Waals surface area contributed by atoms with Gasteiger partial charge >= 0.3 is 0 Å². The highest BCUT2D eigenvalue weighted by Crippen LogP contribution is 2.08. The monoisotopic (exact) mass is 192 g/mol. The molecule has 0 unspecified atom stereocenters. The topological polar surface area (TPSA) is 81.1 Å². The van der Waals surface area contributed by atoms with E-state index < -0.39 is 0 Å². The lowest BCUT2D eigenvalue weighted by molar-refractivity contribution is 0.908. The normalized spacial score (nSPS) is 10.7. The molecule has 74 valence electrons. The summed E-state index contributed by atoms with van der Waals surface area (Å²) in [6.45, 7) is 3.21. The molecule has 0 amide bonds. The predicted octanol–water partition coefficient (Wildman–Crippen LogP) is -0.197. The molecule has 14 heavy (non-hydrogen) atoms. The van der Waals surface area contributed by atoms with Crippen LogP contribution < -0.4 is 11.1 Å². The van der Waals surface area contributed by atoms with Crippen molar-refractivity contribution in [3.8, 4) is 0 Å². The second-order valence-corrected chi connectivity index (χ2v) is 2.97. The van der Waals surface area contributed by atoms with Crippen LogP contribution in [0.5, 0.6) is 0 Å². The average Bonchev–Trinajstić information content (AvgIpc) is 2.61. The Morgan fingerprint density at radius 3 is 3.21 bits per heavy atom. The van der Waals surface area contributed by atoms with E-state index in [0.717, 1.165) is 11.5 Å². The van der Waals surface area contributed by atoms with E-state index in [4.69, 9.17) is 5.73 Å². The molecule has 0 saturated heterocycles. The summed E-state index contributed by atoms with van der Waals surface area (Å²) in [6, 6.07) is 1.91. The molecule has 6 nitrogen and oxygen atoms in total. The van der Waals surface area contributed by atoms with E-state index in [1.165, 1.54) is 6.33 Å². The average molecular weight is 192 g/mol. The van der Waals surface area contributed by atoms with Gasteiger partial charge in [-0.3, -0.25) is 0 Å². The molecule has 0 fully saturated rings. The molecule has 2 heterocycles. The van der Waals surface area contributed by atoms with Gasteiger partial charge in [0.1, 0.15) is 12.1 Å². The summed E-state index contributed by atoms with van der Waals surface area (Å²) in [4.78, 5) is 8.24. The zero-order chi connectivity index (χ0) is 9.97. The Labute approximate surface area is 81.2 Å². The second-order valence-electron chi connectivity index (χ2n) is 2.97. The molecule has 0 aliphatic rings. The number of nitrogens with one attached hydrogen (secondary N) is 1. The number of rotatable bonds is 3. The zero-order valence-corrected chi connectivity index (χ0v) is 7.94. The molecule has 3 N–H and O–H groups in total. The Kier molecular flexibility index (Phi) is 2.28. The third-order valence-corrected chi connectivity index (χ3v) is 1.83. The maximum absolute atomic E-state index is 5.41. The van der Waals surface area contributed by atoms with Crippen LogP contribution >= 0.6 is 0 Å². The number of hydrogen-bond donors (Lipinski definition) is 2. The fourth-order valence-electron chi connectivity index (χ4n) is 1.26. The largest absolute Gasteiger partial charge is 0.369 e. The van der Waals surface area contributed by atoms with Gasteiger partial charge in [-0.1, -0.05) is 0 Å². The number of aromatic nitrogens is 4. The van der Waals surface area contributed by atoms with Crippen molar-refractivity contribution in [2.75, 3.05) is 18.4 Å². The van der Waals surface area contributed by atoms with Crippen LogP contribution in [0.25, 0.3) is 5.78 Å². The van der Waals surface area contributed by atoms with Crippen LogP contribution in [0.1, 0.15) is 5.69 Å². The fraction of sp³-hybridized carbons (Fsp3) is 0.375. The Bertz CT molecular complexity index is 434. The summed E-state index contributed by atoms with van der Waals surface area (Å²) in [5.74, 6) is 1.47. The number of anilines is 1. The van der Waals surface area contributed by atoms with E-state index in [1.807, 2.05) is 13.0 Å². The van der Waals surface area contributed by atoms with Gasteiger partial charge in [0.05, 0.1) is 0 Å². The van der Waals surface area contributed by atoms with Crippen molar-refractivity contribution in [1.29, 1.82) is 0 Å². The molecule has 2 rings (SSSR count). The molecule has 6 heteroatoms. The smallest absolute Gasteiger partial charge is 0.254 e. The molecule has 0 radical (unpaired) electrons. The second kappa shape index (κ2) is 3.59. The molecule has 0 aliphatic carbocycles. The first-order valence-corrected chi connectivity index (χ1v) is 4.42. The van der Waals surface area contributed by atoms with Crippen LogP contribution in [0.3, 0.4) is 0 Å². The third-order valence-electron chi connectivity index (χ3n) is 1.83. The molecule has 0 atom stereocenters. The van der Waals surface area contributed by atoms with Crippen molar-refractivity contribution in [1.82, 2.24) is 19.6 Å². The number of hydrogen-bond acceptors (Lipinski definition) is 5. The van der Waals surface area contributed by atoms with Crippen LogP contribution in [0.2, 0.25) is 0 Å². The van der Waals surface area contributed by atoms with Gasteiger partial charge in [0, 0.05) is 24.8 Å². The highest BCUT2D eigenvalue weighted by atomic mass is 15.3. The van der Waals surface area contributed by atoms with E-state index in [0.29, 0.717) is 18.9 Å².